The fourth-order valence-corrected chi connectivity index (χ4v) is 3.55. The number of fused-ring (bicyclic) bond motifs is 1. The number of carbonyl (C=O) groups is 2. The summed E-state index contributed by atoms with van der Waals surface area (Å²) in [5, 5.41) is 4.84. The molecular formula is C24H23N2O4+. The molecule has 3 aromatic carbocycles. The van der Waals surface area contributed by atoms with Gasteiger partial charge in [-0.2, -0.15) is 0 Å². The van der Waals surface area contributed by atoms with Crippen LogP contribution in [0.5, 0.6) is 11.5 Å². The second kappa shape index (κ2) is 8.80. The van der Waals surface area contributed by atoms with Gasteiger partial charge < -0.3 is 20.1 Å². The molecule has 1 aliphatic rings. The standard InChI is InChI=1S/C24H22N2O4/c1-16(27)19-12-21-22(30-15-29-21)13-20(19)26-23(28)14-25-24(17-8-4-2-5-9-17)18-10-6-3-7-11-18/h2-13,24-25H,14-15H2,1H3,(H,26,28)/p+1. The van der Waals surface area contributed by atoms with Crippen molar-refractivity contribution in [3.63, 3.8) is 0 Å². The molecule has 0 spiro atoms. The number of amides is 1. The molecule has 0 atom stereocenters. The van der Waals surface area contributed by atoms with Crippen molar-refractivity contribution in [3.8, 4) is 11.5 Å². The van der Waals surface area contributed by atoms with E-state index >= 15 is 0 Å². The van der Waals surface area contributed by atoms with Crippen LogP contribution in [-0.4, -0.2) is 25.0 Å². The van der Waals surface area contributed by atoms with Gasteiger partial charge in [0.05, 0.1) is 5.69 Å². The third-order valence-corrected chi connectivity index (χ3v) is 5.02. The Balaban J connectivity index is 1.50. The number of hydrogen-bond donors (Lipinski definition) is 2. The van der Waals surface area contributed by atoms with Gasteiger partial charge in [-0.15, -0.1) is 0 Å². The van der Waals surface area contributed by atoms with E-state index in [1.807, 2.05) is 41.7 Å². The number of carbonyl (C=O) groups excluding carboxylic acids is 2. The van der Waals surface area contributed by atoms with E-state index in [0.717, 1.165) is 11.1 Å². The van der Waals surface area contributed by atoms with Gasteiger partial charge in [0, 0.05) is 22.8 Å². The summed E-state index contributed by atoms with van der Waals surface area (Å²) in [4.78, 5) is 24.8. The quantitative estimate of drug-likeness (QED) is 0.595. The topological polar surface area (TPSA) is 81.2 Å². The number of ketones is 1. The van der Waals surface area contributed by atoms with E-state index in [2.05, 4.69) is 29.6 Å². The number of Topliss-reactive ketones (excluding diaryl/α,β-unsaturated/α-hetero) is 1. The summed E-state index contributed by atoms with van der Waals surface area (Å²) in [6.45, 7) is 1.76. The van der Waals surface area contributed by atoms with E-state index in [1.54, 1.807) is 12.1 Å². The normalized spacial score (nSPS) is 12.1. The highest BCUT2D eigenvalue weighted by atomic mass is 16.7. The molecule has 0 saturated heterocycles. The first-order valence-electron chi connectivity index (χ1n) is 9.79. The van der Waals surface area contributed by atoms with Crippen LogP contribution < -0.4 is 20.1 Å². The van der Waals surface area contributed by atoms with Crippen LogP contribution in [0.2, 0.25) is 0 Å². The van der Waals surface area contributed by atoms with Gasteiger partial charge >= 0.3 is 0 Å². The Hall–Kier alpha value is -3.64. The number of nitrogens with one attached hydrogen (secondary N) is 1. The second-order valence-electron chi connectivity index (χ2n) is 7.09. The first kappa shape index (κ1) is 19.7. The first-order chi connectivity index (χ1) is 14.6. The van der Waals surface area contributed by atoms with Crippen molar-refractivity contribution in [2.45, 2.75) is 13.0 Å². The van der Waals surface area contributed by atoms with Crippen molar-refractivity contribution in [3.05, 3.63) is 89.5 Å². The number of hydrogen-bond acceptors (Lipinski definition) is 4. The SMILES string of the molecule is CC(=O)c1cc2c(cc1NC(=O)C[NH2+]C(c1ccccc1)c1ccccc1)OCO2. The molecule has 1 aliphatic heterocycles. The van der Waals surface area contributed by atoms with Crippen molar-refractivity contribution >= 4 is 17.4 Å². The summed E-state index contributed by atoms with van der Waals surface area (Å²) in [7, 11) is 0. The second-order valence-corrected chi connectivity index (χ2v) is 7.09. The Morgan fingerprint density at radius 3 is 2.07 bits per heavy atom. The number of quaternary nitrogens is 1. The van der Waals surface area contributed by atoms with Crippen molar-refractivity contribution in [2.75, 3.05) is 18.7 Å². The lowest BCUT2D eigenvalue weighted by atomic mass is 9.99. The van der Waals surface area contributed by atoms with Crippen LogP contribution >= 0.6 is 0 Å². The zero-order valence-electron chi connectivity index (χ0n) is 16.6. The molecular weight excluding hydrogens is 380 g/mol. The zero-order valence-corrected chi connectivity index (χ0v) is 16.6. The van der Waals surface area contributed by atoms with Gasteiger partial charge in [0.1, 0.15) is 6.04 Å². The smallest absolute Gasteiger partial charge is 0.279 e. The number of nitrogens with two attached hydrogens (primary N) is 1. The van der Waals surface area contributed by atoms with Crippen LogP contribution in [0.4, 0.5) is 5.69 Å². The number of ether oxygens (including phenoxy) is 2. The van der Waals surface area contributed by atoms with Crippen LogP contribution in [0.3, 0.4) is 0 Å². The summed E-state index contributed by atoms with van der Waals surface area (Å²) >= 11 is 0. The molecule has 6 heteroatoms. The maximum atomic E-state index is 12.7. The lowest BCUT2D eigenvalue weighted by Gasteiger charge is -2.17. The summed E-state index contributed by atoms with van der Waals surface area (Å²) in [5.41, 5.74) is 3.06. The number of anilines is 1. The highest BCUT2D eigenvalue weighted by Crippen LogP contribution is 2.37. The summed E-state index contributed by atoms with van der Waals surface area (Å²) < 4.78 is 10.7. The monoisotopic (exact) mass is 403 g/mol. The van der Waals surface area contributed by atoms with Crippen LogP contribution in [0, 0.1) is 0 Å². The highest BCUT2D eigenvalue weighted by molar-refractivity contribution is 6.04. The molecule has 0 radical (unpaired) electrons. The average Bonchev–Trinajstić information content (AvgIpc) is 3.22. The van der Waals surface area contributed by atoms with Crippen molar-refractivity contribution in [1.82, 2.24) is 0 Å². The minimum absolute atomic E-state index is 0.0119. The van der Waals surface area contributed by atoms with E-state index in [-0.39, 0.29) is 31.1 Å². The third kappa shape index (κ3) is 4.34. The molecule has 152 valence electrons. The average molecular weight is 403 g/mol. The number of rotatable bonds is 7. The van der Waals surface area contributed by atoms with E-state index in [9.17, 15) is 9.59 Å². The van der Waals surface area contributed by atoms with Crippen LogP contribution in [0.1, 0.15) is 34.5 Å². The Labute approximate surface area is 174 Å². The van der Waals surface area contributed by atoms with Crippen LogP contribution in [0.15, 0.2) is 72.8 Å². The lowest BCUT2D eigenvalue weighted by Crippen LogP contribution is -2.87. The van der Waals surface area contributed by atoms with Gasteiger partial charge in [-0.3, -0.25) is 9.59 Å². The van der Waals surface area contributed by atoms with Gasteiger partial charge in [0.25, 0.3) is 5.91 Å². The fourth-order valence-electron chi connectivity index (χ4n) is 3.55. The summed E-state index contributed by atoms with van der Waals surface area (Å²) in [6, 6.07) is 23.4. The predicted molar refractivity (Wildman–Crippen MR) is 113 cm³/mol. The molecule has 0 saturated carbocycles. The van der Waals surface area contributed by atoms with E-state index in [4.69, 9.17) is 9.47 Å². The minimum Gasteiger partial charge on any atom is -0.454 e. The van der Waals surface area contributed by atoms with Crippen molar-refractivity contribution in [1.29, 1.82) is 0 Å². The molecule has 4 rings (SSSR count). The molecule has 1 amide bonds. The largest absolute Gasteiger partial charge is 0.454 e. The molecule has 0 bridgehead atoms. The van der Waals surface area contributed by atoms with Crippen molar-refractivity contribution < 1.29 is 24.4 Å². The molecule has 3 N–H and O–H groups in total. The molecule has 30 heavy (non-hydrogen) atoms. The van der Waals surface area contributed by atoms with Crippen LogP contribution in [-0.2, 0) is 4.79 Å². The maximum Gasteiger partial charge on any atom is 0.279 e. The van der Waals surface area contributed by atoms with E-state index in [0.29, 0.717) is 22.7 Å². The first-order valence-corrected chi connectivity index (χ1v) is 9.79. The molecule has 0 aromatic heterocycles. The Kier molecular flexibility index (Phi) is 5.77. The minimum atomic E-state index is -0.201. The van der Waals surface area contributed by atoms with Gasteiger partial charge in [0.2, 0.25) is 6.79 Å². The number of benzene rings is 3. The van der Waals surface area contributed by atoms with Gasteiger partial charge in [-0.25, -0.2) is 0 Å². The predicted octanol–water partition coefficient (Wildman–Crippen LogP) is 2.91. The van der Waals surface area contributed by atoms with E-state index in [1.165, 1.54) is 6.92 Å². The molecule has 0 fully saturated rings. The zero-order chi connectivity index (χ0) is 20.9. The Bertz CT molecular complexity index is 1010. The summed E-state index contributed by atoms with van der Waals surface area (Å²) in [5.74, 6) is 0.677. The maximum absolute atomic E-state index is 12.7. The van der Waals surface area contributed by atoms with Gasteiger partial charge in [-0.1, -0.05) is 60.7 Å². The van der Waals surface area contributed by atoms with Crippen LogP contribution in [0.25, 0.3) is 0 Å². The highest BCUT2D eigenvalue weighted by Gasteiger charge is 2.22. The lowest BCUT2D eigenvalue weighted by molar-refractivity contribution is -0.676. The van der Waals surface area contributed by atoms with Gasteiger partial charge in [0.15, 0.2) is 23.8 Å². The molecule has 6 nitrogen and oxygen atoms in total. The van der Waals surface area contributed by atoms with E-state index < -0.39 is 0 Å². The molecule has 0 aliphatic carbocycles. The van der Waals surface area contributed by atoms with Gasteiger partial charge in [-0.05, 0) is 13.0 Å². The van der Waals surface area contributed by atoms with Crippen molar-refractivity contribution in [2.24, 2.45) is 0 Å². The molecule has 1 heterocycles. The Morgan fingerprint density at radius 1 is 0.933 bits per heavy atom. The Morgan fingerprint density at radius 2 is 1.50 bits per heavy atom. The third-order valence-electron chi connectivity index (χ3n) is 5.02. The molecule has 3 aromatic rings. The fraction of sp³-hybridized carbons (Fsp3) is 0.167. The summed E-state index contributed by atoms with van der Waals surface area (Å²) in [6.07, 6.45) is 0. The molecule has 0 unspecified atom stereocenters.